The third kappa shape index (κ3) is 2.07. The van der Waals surface area contributed by atoms with Crippen molar-refractivity contribution in [2.24, 2.45) is 0 Å². The van der Waals surface area contributed by atoms with Crippen molar-refractivity contribution < 1.29 is 4.92 Å². The second kappa shape index (κ2) is 4.19. The molecule has 2 aromatic rings. The molecule has 0 atom stereocenters. The summed E-state index contributed by atoms with van der Waals surface area (Å²) in [6, 6.07) is 3.30. The highest BCUT2D eigenvalue weighted by atomic mass is 35.5. The van der Waals surface area contributed by atoms with E-state index in [4.69, 9.17) is 16.9 Å². The lowest BCUT2D eigenvalue weighted by Crippen LogP contribution is -1.99. The fourth-order valence-electron chi connectivity index (χ4n) is 1.18. The van der Waals surface area contributed by atoms with Crippen LogP contribution in [0.1, 0.15) is 5.56 Å². The molecule has 8 heteroatoms. The first-order valence-electron chi connectivity index (χ1n) is 4.37. The van der Waals surface area contributed by atoms with Crippen LogP contribution in [0.2, 0.25) is 5.02 Å². The fraction of sp³-hybridized carbons (Fsp3) is 0. The van der Waals surface area contributed by atoms with Crippen LogP contribution in [0.15, 0.2) is 24.7 Å². The minimum absolute atomic E-state index is 0.160. The molecule has 0 aromatic carbocycles. The van der Waals surface area contributed by atoms with Crippen LogP contribution in [-0.4, -0.2) is 19.7 Å². The summed E-state index contributed by atoms with van der Waals surface area (Å²) >= 11 is 5.89. The Labute approximate surface area is 100 Å². The van der Waals surface area contributed by atoms with E-state index < -0.39 is 4.92 Å². The third-order valence-corrected chi connectivity index (χ3v) is 2.23. The Kier molecular flexibility index (Phi) is 2.72. The van der Waals surface area contributed by atoms with E-state index in [1.54, 1.807) is 0 Å². The number of halogens is 1. The summed E-state index contributed by atoms with van der Waals surface area (Å²) in [7, 11) is 0. The molecular weight excluding hydrogens is 246 g/mol. The van der Waals surface area contributed by atoms with E-state index in [1.807, 2.05) is 6.07 Å². The average Bonchev–Trinajstić information content (AvgIpc) is 2.78. The van der Waals surface area contributed by atoms with E-state index >= 15 is 0 Å². The van der Waals surface area contributed by atoms with Gasteiger partial charge in [0.05, 0.1) is 15.5 Å². The molecule has 2 heterocycles. The molecule has 0 aliphatic rings. The summed E-state index contributed by atoms with van der Waals surface area (Å²) in [5, 5.41) is 23.1. The Morgan fingerprint density at radius 3 is 2.82 bits per heavy atom. The Bertz CT molecular complexity index is 631. The highest BCUT2D eigenvalue weighted by molar-refractivity contribution is 6.32. The van der Waals surface area contributed by atoms with Crippen LogP contribution in [0.4, 0.5) is 5.69 Å². The molecular formula is C9H4ClN5O2. The van der Waals surface area contributed by atoms with Gasteiger partial charge < -0.3 is 0 Å². The highest BCUT2D eigenvalue weighted by Crippen LogP contribution is 2.20. The highest BCUT2D eigenvalue weighted by Gasteiger charge is 2.13. The van der Waals surface area contributed by atoms with Crippen molar-refractivity contribution in [2.75, 3.05) is 0 Å². The molecule has 0 saturated heterocycles. The zero-order valence-electron chi connectivity index (χ0n) is 8.24. The predicted octanol–water partition coefficient (Wildman–Crippen LogP) is 1.70. The number of hydrogen-bond donors (Lipinski definition) is 0. The maximum Gasteiger partial charge on any atom is 0.307 e. The number of nitriles is 1. The van der Waals surface area contributed by atoms with Crippen LogP contribution >= 0.6 is 11.6 Å². The van der Waals surface area contributed by atoms with Crippen LogP contribution in [-0.2, 0) is 0 Å². The number of pyridine rings is 1. The van der Waals surface area contributed by atoms with Crippen LogP contribution in [0, 0.1) is 21.4 Å². The molecule has 0 saturated carbocycles. The molecule has 0 aliphatic carbocycles. The monoisotopic (exact) mass is 249 g/mol. The van der Waals surface area contributed by atoms with Crippen molar-refractivity contribution in [3.05, 3.63) is 45.4 Å². The van der Waals surface area contributed by atoms with E-state index in [-0.39, 0.29) is 16.5 Å². The van der Waals surface area contributed by atoms with Crippen molar-refractivity contribution >= 4 is 17.3 Å². The lowest BCUT2D eigenvalue weighted by Gasteiger charge is -2.01. The van der Waals surface area contributed by atoms with Gasteiger partial charge in [0.1, 0.15) is 18.5 Å². The standard InChI is InChI=1S/C9H4ClN5O2/c10-8-1-6(2-11)3-12-9(8)14-5-7(4-13-14)15(16)17/h1,3-5H. The van der Waals surface area contributed by atoms with E-state index in [9.17, 15) is 10.1 Å². The van der Waals surface area contributed by atoms with Crippen LogP contribution in [0.3, 0.4) is 0 Å². The van der Waals surface area contributed by atoms with Gasteiger partial charge in [-0.3, -0.25) is 10.1 Å². The largest absolute Gasteiger partial charge is 0.307 e. The number of rotatable bonds is 2. The van der Waals surface area contributed by atoms with Gasteiger partial charge >= 0.3 is 5.69 Å². The summed E-state index contributed by atoms with van der Waals surface area (Å²) in [5.41, 5.74) is 0.146. The molecule has 17 heavy (non-hydrogen) atoms. The SMILES string of the molecule is N#Cc1cnc(-n2cc([N+](=O)[O-])cn2)c(Cl)c1. The van der Waals surface area contributed by atoms with Gasteiger partial charge in [0.2, 0.25) is 0 Å². The minimum atomic E-state index is -0.568. The Hall–Kier alpha value is -2.46. The van der Waals surface area contributed by atoms with Crippen LogP contribution in [0.5, 0.6) is 0 Å². The molecule has 7 nitrogen and oxygen atoms in total. The fourth-order valence-corrected chi connectivity index (χ4v) is 1.44. The van der Waals surface area contributed by atoms with Crippen molar-refractivity contribution in [3.8, 4) is 11.9 Å². The molecule has 2 aromatic heterocycles. The summed E-state index contributed by atoms with van der Waals surface area (Å²) in [5.74, 6) is 0.235. The number of nitro groups is 1. The average molecular weight is 250 g/mol. The normalized spacial score (nSPS) is 9.88. The summed E-state index contributed by atoms with van der Waals surface area (Å²) in [4.78, 5) is 13.8. The zero-order chi connectivity index (χ0) is 12.4. The van der Waals surface area contributed by atoms with Crippen molar-refractivity contribution in [2.45, 2.75) is 0 Å². The Morgan fingerprint density at radius 1 is 1.53 bits per heavy atom. The molecule has 0 spiro atoms. The van der Waals surface area contributed by atoms with Gasteiger partial charge in [0.25, 0.3) is 0 Å². The lowest BCUT2D eigenvalue weighted by atomic mass is 10.3. The first-order chi connectivity index (χ1) is 8.11. The zero-order valence-corrected chi connectivity index (χ0v) is 9.00. The van der Waals surface area contributed by atoms with Gasteiger partial charge in [-0.25, -0.2) is 9.67 Å². The molecule has 0 amide bonds. The van der Waals surface area contributed by atoms with Gasteiger partial charge in [-0.05, 0) is 6.07 Å². The third-order valence-electron chi connectivity index (χ3n) is 1.95. The van der Waals surface area contributed by atoms with E-state index in [1.165, 1.54) is 23.1 Å². The van der Waals surface area contributed by atoms with E-state index in [2.05, 4.69) is 10.1 Å². The molecule has 84 valence electrons. The summed E-state index contributed by atoms with van der Waals surface area (Å²) < 4.78 is 1.18. The summed E-state index contributed by atoms with van der Waals surface area (Å²) in [6.45, 7) is 0. The van der Waals surface area contributed by atoms with Crippen LogP contribution in [0.25, 0.3) is 5.82 Å². The molecule has 0 unspecified atom stereocenters. The molecule has 0 aliphatic heterocycles. The second-order valence-corrected chi connectivity index (χ2v) is 3.45. The maximum absolute atomic E-state index is 10.5. The van der Waals surface area contributed by atoms with E-state index in [0.717, 1.165) is 6.20 Å². The van der Waals surface area contributed by atoms with Crippen molar-refractivity contribution in [1.82, 2.24) is 14.8 Å². The Balaban J connectivity index is 2.46. The lowest BCUT2D eigenvalue weighted by molar-refractivity contribution is -0.384. The second-order valence-electron chi connectivity index (χ2n) is 3.04. The summed E-state index contributed by atoms with van der Waals surface area (Å²) in [6.07, 6.45) is 3.60. The van der Waals surface area contributed by atoms with Gasteiger partial charge in [-0.15, -0.1) is 0 Å². The maximum atomic E-state index is 10.5. The number of nitrogens with zero attached hydrogens (tertiary/aromatic N) is 5. The molecule has 0 bridgehead atoms. The van der Waals surface area contributed by atoms with Gasteiger partial charge in [0.15, 0.2) is 5.82 Å². The van der Waals surface area contributed by atoms with Gasteiger partial charge in [-0.1, -0.05) is 11.6 Å². The van der Waals surface area contributed by atoms with Crippen molar-refractivity contribution in [1.29, 1.82) is 5.26 Å². The Morgan fingerprint density at radius 2 is 2.29 bits per heavy atom. The van der Waals surface area contributed by atoms with Crippen molar-refractivity contribution in [3.63, 3.8) is 0 Å². The topological polar surface area (TPSA) is 97.6 Å². The molecule has 0 N–H and O–H groups in total. The van der Waals surface area contributed by atoms with Crippen LogP contribution < -0.4 is 0 Å². The first-order valence-corrected chi connectivity index (χ1v) is 4.74. The van der Waals surface area contributed by atoms with Gasteiger partial charge in [-0.2, -0.15) is 10.4 Å². The molecule has 0 fully saturated rings. The van der Waals surface area contributed by atoms with E-state index in [0.29, 0.717) is 5.56 Å². The number of aromatic nitrogens is 3. The first kappa shape index (κ1) is 11.0. The quantitative estimate of drug-likeness (QED) is 0.596. The molecule has 0 radical (unpaired) electrons. The smallest absolute Gasteiger partial charge is 0.258 e. The predicted molar refractivity (Wildman–Crippen MR) is 57.7 cm³/mol. The minimum Gasteiger partial charge on any atom is -0.258 e. The van der Waals surface area contributed by atoms with Gasteiger partial charge in [0, 0.05) is 6.20 Å². The molecule has 2 rings (SSSR count). The number of hydrogen-bond acceptors (Lipinski definition) is 5.